The highest BCUT2D eigenvalue weighted by Crippen LogP contribution is 2.42. The molecule has 2 atom stereocenters. The topological polar surface area (TPSA) is 147 Å². The zero-order chi connectivity index (χ0) is 33.9. The quantitative estimate of drug-likeness (QED) is 0.147. The third kappa shape index (κ3) is 7.23. The fourth-order valence-corrected chi connectivity index (χ4v) is 6.93. The number of halogens is 2. The van der Waals surface area contributed by atoms with Gasteiger partial charge in [-0.3, -0.25) is 9.59 Å². The molecule has 0 radical (unpaired) electrons. The molecule has 5 aromatic rings. The highest BCUT2D eigenvalue weighted by atomic mass is 35.5. The summed E-state index contributed by atoms with van der Waals surface area (Å²) in [7, 11) is 1.60. The highest BCUT2D eigenvalue weighted by Gasteiger charge is 2.22. The summed E-state index contributed by atoms with van der Waals surface area (Å²) < 4.78 is 7.29. The van der Waals surface area contributed by atoms with Gasteiger partial charge in [0.05, 0.1) is 29.4 Å². The van der Waals surface area contributed by atoms with Gasteiger partial charge in [-0.25, -0.2) is 14.5 Å². The van der Waals surface area contributed by atoms with E-state index in [1.807, 2.05) is 54.7 Å². The molecule has 12 nitrogen and oxygen atoms in total. The summed E-state index contributed by atoms with van der Waals surface area (Å²) in [6.07, 6.45) is 6.38. The molecule has 2 saturated heterocycles. The molecular weight excluding hydrogens is 665 g/mol. The maximum Gasteiger partial charge on any atom is 0.252 e. The predicted octanol–water partition coefficient (Wildman–Crippen LogP) is 4.57. The van der Waals surface area contributed by atoms with E-state index in [1.54, 1.807) is 17.8 Å². The molecule has 14 heteroatoms. The molecule has 0 bridgehead atoms. The van der Waals surface area contributed by atoms with E-state index in [-0.39, 0.29) is 23.9 Å². The van der Waals surface area contributed by atoms with Gasteiger partial charge in [-0.15, -0.1) is 5.10 Å². The SMILES string of the molecule is COc1nc(-c2cccc(-c3cccc(-c4cnc5nc(CNC[C@@H]6CCC(=O)N6)nn5c4)c3Cl)c2Cl)ccc1CNC[C@H]1CCC(=O)N1. The van der Waals surface area contributed by atoms with Crippen LogP contribution in [0.3, 0.4) is 0 Å². The molecule has 7 rings (SSSR count). The van der Waals surface area contributed by atoms with Crippen LogP contribution in [0, 0.1) is 0 Å². The van der Waals surface area contributed by atoms with Gasteiger partial charge in [-0.05, 0) is 18.9 Å². The molecule has 2 aromatic carbocycles. The lowest BCUT2D eigenvalue weighted by molar-refractivity contribution is -0.120. The molecule has 2 amide bonds. The van der Waals surface area contributed by atoms with Crippen molar-refractivity contribution in [1.82, 2.24) is 45.8 Å². The van der Waals surface area contributed by atoms with Gasteiger partial charge in [0.1, 0.15) is 0 Å². The predicted molar refractivity (Wildman–Crippen MR) is 187 cm³/mol. The number of hydrogen-bond donors (Lipinski definition) is 4. The number of carbonyl (C=O) groups excluding carboxylic acids is 2. The average molecular weight is 701 g/mol. The lowest BCUT2D eigenvalue weighted by Gasteiger charge is -2.15. The van der Waals surface area contributed by atoms with Gasteiger partial charge in [0, 0.05) is 90.3 Å². The summed E-state index contributed by atoms with van der Waals surface area (Å²) in [4.78, 5) is 36.8. The van der Waals surface area contributed by atoms with Crippen LogP contribution in [-0.4, -0.2) is 68.7 Å². The third-order valence-electron chi connectivity index (χ3n) is 8.79. The van der Waals surface area contributed by atoms with E-state index in [0.29, 0.717) is 72.2 Å². The molecule has 0 saturated carbocycles. The van der Waals surface area contributed by atoms with E-state index in [0.717, 1.165) is 46.2 Å². The summed E-state index contributed by atoms with van der Waals surface area (Å²) in [6.45, 7) is 2.34. The Morgan fingerprint density at radius 2 is 1.47 bits per heavy atom. The van der Waals surface area contributed by atoms with Crippen LogP contribution in [0.5, 0.6) is 5.88 Å². The summed E-state index contributed by atoms with van der Waals surface area (Å²) in [5.74, 6) is 1.77. The van der Waals surface area contributed by atoms with Crippen LogP contribution in [-0.2, 0) is 22.7 Å². The van der Waals surface area contributed by atoms with E-state index >= 15 is 0 Å². The molecular formula is C35H35Cl2N9O3. The number of aromatic nitrogens is 5. The minimum absolute atomic E-state index is 0.0909. The first-order valence-corrected chi connectivity index (χ1v) is 17.0. The molecule has 252 valence electrons. The molecule has 4 N–H and O–H groups in total. The second-order valence-corrected chi connectivity index (χ2v) is 12.9. The van der Waals surface area contributed by atoms with Crippen LogP contribution in [0.2, 0.25) is 10.0 Å². The van der Waals surface area contributed by atoms with E-state index in [9.17, 15) is 9.59 Å². The maximum absolute atomic E-state index is 11.5. The molecule has 5 heterocycles. The number of pyridine rings is 1. The Morgan fingerprint density at radius 3 is 2.12 bits per heavy atom. The first kappa shape index (κ1) is 32.9. The zero-order valence-corrected chi connectivity index (χ0v) is 28.3. The van der Waals surface area contributed by atoms with Crippen molar-refractivity contribution in [1.29, 1.82) is 0 Å². The fourth-order valence-electron chi connectivity index (χ4n) is 6.27. The molecule has 2 aliphatic rings. The minimum atomic E-state index is 0.0909. The summed E-state index contributed by atoms with van der Waals surface area (Å²) in [5, 5.41) is 18.3. The fraction of sp³-hybridized carbons (Fsp3) is 0.314. The first-order valence-electron chi connectivity index (χ1n) is 16.2. The van der Waals surface area contributed by atoms with Crippen LogP contribution < -0.4 is 26.0 Å². The minimum Gasteiger partial charge on any atom is -0.481 e. The lowest BCUT2D eigenvalue weighted by Crippen LogP contribution is -2.35. The number of carbonyl (C=O) groups is 2. The van der Waals surface area contributed by atoms with E-state index in [2.05, 4.69) is 36.3 Å². The van der Waals surface area contributed by atoms with Gasteiger partial charge >= 0.3 is 0 Å². The average Bonchev–Trinajstić information content (AvgIpc) is 3.84. The van der Waals surface area contributed by atoms with Crippen LogP contribution in [0.15, 0.2) is 60.9 Å². The van der Waals surface area contributed by atoms with Crippen molar-refractivity contribution in [2.75, 3.05) is 20.2 Å². The van der Waals surface area contributed by atoms with Gasteiger partial charge in [-0.1, -0.05) is 65.7 Å². The second-order valence-electron chi connectivity index (χ2n) is 12.2. The maximum atomic E-state index is 11.5. The van der Waals surface area contributed by atoms with E-state index < -0.39 is 0 Å². The van der Waals surface area contributed by atoms with Crippen molar-refractivity contribution in [2.24, 2.45) is 0 Å². The zero-order valence-electron chi connectivity index (χ0n) is 26.8. The van der Waals surface area contributed by atoms with Gasteiger partial charge in [0.2, 0.25) is 17.7 Å². The van der Waals surface area contributed by atoms with Crippen LogP contribution >= 0.6 is 23.2 Å². The number of ether oxygens (including phenoxy) is 1. The van der Waals surface area contributed by atoms with Crippen LogP contribution in [0.25, 0.3) is 39.3 Å². The molecule has 0 unspecified atom stereocenters. The number of nitrogens with one attached hydrogen (secondary N) is 4. The molecule has 3 aromatic heterocycles. The van der Waals surface area contributed by atoms with E-state index in [4.69, 9.17) is 32.9 Å². The van der Waals surface area contributed by atoms with Crippen molar-refractivity contribution in [2.45, 2.75) is 50.9 Å². The number of nitrogens with zero attached hydrogens (tertiary/aromatic N) is 5. The number of methoxy groups -OCH3 is 1. The Bertz CT molecular complexity index is 2040. The van der Waals surface area contributed by atoms with Gasteiger partial charge in [-0.2, -0.15) is 4.98 Å². The van der Waals surface area contributed by atoms with Crippen molar-refractivity contribution < 1.29 is 14.3 Å². The monoisotopic (exact) mass is 699 g/mol. The molecule has 0 aliphatic carbocycles. The first-order chi connectivity index (χ1) is 23.9. The molecule has 2 aliphatic heterocycles. The van der Waals surface area contributed by atoms with Crippen LogP contribution in [0.1, 0.15) is 37.1 Å². The van der Waals surface area contributed by atoms with Crippen molar-refractivity contribution in [3.05, 3.63) is 82.4 Å². The Morgan fingerprint density at radius 1 is 0.837 bits per heavy atom. The van der Waals surface area contributed by atoms with Gasteiger partial charge in [0.25, 0.3) is 5.78 Å². The lowest BCUT2D eigenvalue weighted by atomic mass is 9.97. The largest absolute Gasteiger partial charge is 0.481 e. The van der Waals surface area contributed by atoms with Crippen molar-refractivity contribution in [3.8, 4) is 39.4 Å². The molecule has 2 fully saturated rings. The van der Waals surface area contributed by atoms with E-state index in [1.165, 1.54) is 0 Å². The Hall–Kier alpha value is -4.62. The number of fused-ring (bicyclic) bond motifs is 1. The number of hydrogen-bond acceptors (Lipinski definition) is 9. The van der Waals surface area contributed by atoms with Gasteiger partial charge in [0.15, 0.2) is 5.82 Å². The standard InChI is InChI=1S/C35H35Cl2N9O3/c1-49-34-20(14-38-16-22-9-12-30(47)41-22)8-11-28(43-34)27-7-3-6-26(33(27)37)25-5-2-4-24(32(25)36)21-15-40-35-44-29(45-46(35)19-21)18-39-17-23-10-13-31(48)42-23/h2-8,11,15,19,22-23,38-39H,9-10,12-14,16-18H2,1H3,(H,41,47)(H,42,48)/t22-,23+/m1/s1. The van der Waals surface area contributed by atoms with Crippen molar-refractivity contribution in [3.63, 3.8) is 0 Å². The highest BCUT2D eigenvalue weighted by molar-refractivity contribution is 6.39. The number of rotatable bonds is 12. The second kappa shape index (κ2) is 14.5. The summed E-state index contributed by atoms with van der Waals surface area (Å²) in [5.41, 5.74) is 5.39. The Kier molecular flexibility index (Phi) is 9.72. The molecule has 0 spiro atoms. The Balaban J connectivity index is 1.09. The normalized spacial score (nSPS) is 17.4. The van der Waals surface area contributed by atoms with Crippen LogP contribution in [0.4, 0.5) is 0 Å². The number of benzene rings is 2. The smallest absolute Gasteiger partial charge is 0.252 e. The molecule has 49 heavy (non-hydrogen) atoms. The third-order valence-corrected chi connectivity index (χ3v) is 9.61. The summed E-state index contributed by atoms with van der Waals surface area (Å²) >= 11 is 14.2. The van der Waals surface area contributed by atoms with Crippen molar-refractivity contribution >= 4 is 40.8 Å². The summed E-state index contributed by atoms with van der Waals surface area (Å²) in [6, 6.07) is 15.8. The van der Waals surface area contributed by atoms with Gasteiger partial charge < -0.3 is 26.0 Å². The Labute approximate surface area is 293 Å². The number of amides is 2.